The van der Waals surface area contributed by atoms with Gasteiger partial charge in [0.25, 0.3) is 0 Å². The summed E-state index contributed by atoms with van der Waals surface area (Å²) in [4.78, 5) is 0.209. The third kappa shape index (κ3) is 5.04. The average Bonchev–Trinajstić information content (AvgIpc) is 2.68. The van der Waals surface area contributed by atoms with Crippen molar-refractivity contribution in [2.45, 2.75) is 43.4 Å². The fraction of sp³-hybridized carbons (Fsp3) is 0.429. The molecule has 0 aromatic heterocycles. The van der Waals surface area contributed by atoms with Gasteiger partial charge in [-0.25, -0.2) is 17.2 Å². The maximum Gasteiger partial charge on any atom is 0.243 e. The first kappa shape index (κ1) is 22.8. The molecule has 1 heterocycles. The van der Waals surface area contributed by atoms with E-state index in [2.05, 4.69) is 5.32 Å². The van der Waals surface area contributed by atoms with Crippen LogP contribution in [0.15, 0.2) is 41.3 Å². The first-order valence-corrected chi connectivity index (χ1v) is 11.2. The molecule has 0 saturated carbocycles. The van der Waals surface area contributed by atoms with Gasteiger partial charge in [0.2, 0.25) is 10.0 Å². The third-order valence-corrected chi connectivity index (χ3v) is 7.39. The zero-order chi connectivity index (χ0) is 22.1. The molecule has 0 bridgehead atoms. The minimum atomic E-state index is -3.72. The highest BCUT2D eigenvalue weighted by atomic mass is 32.2. The van der Waals surface area contributed by atoms with Crippen LogP contribution in [0.3, 0.4) is 0 Å². The number of halogens is 2. The van der Waals surface area contributed by atoms with Gasteiger partial charge < -0.3 is 16.2 Å². The number of sulfonamides is 1. The topological polar surface area (TPSA) is 95.7 Å². The van der Waals surface area contributed by atoms with Gasteiger partial charge in [0, 0.05) is 37.8 Å². The van der Waals surface area contributed by atoms with Crippen molar-refractivity contribution >= 4 is 10.0 Å². The Labute approximate surface area is 175 Å². The van der Waals surface area contributed by atoms with Crippen LogP contribution in [0, 0.1) is 25.5 Å². The average molecular weight is 440 g/mol. The van der Waals surface area contributed by atoms with Crippen LogP contribution >= 0.6 is 0 Å². The Kier molecular flexibility index (Phi) is 6.88. The van der Waals surface area contributed by atoms with E-state index in [-0.39, 0.29) is 24.4 Å². The van der Waals surface area contributed by atoms with Crippen LogP contribution in [0.1, 0.15) is 16.7 Å². The molecular weight excluding hydrogens is 412 g/mol. The molecule has 0 amide bonds. The number of aliphatic hydroxyl groups excluding tert-OH is 1. The molecule has 2 aromatic carbocycles. The SMILES string of the molecule is Cc1ccc(S(=O)(=O)N2CCN[C@@H]([C@@H](O)C(N)Cc3cc(F)cc(F)c3)C2)cc1C. The summed E-state index contributed by atoms with van der Waals surface area (Å²) < 4.78 is 54.2. The van der Waals surface area contributed by atoms with Gasteiger partial charge in [0.05, 0.1) is 11.0 Å². The number of piperazine rings is 1. The molecule has 3 atom stereocenters. The summed E-state index contributed by atoms with van der Waals surface area (Å²) in [6, 6.07) is 6.66. The number of nitrogens with two attached hydrogens (primary N) is 1. The Bertz CT molecular complexity index is 996. The van der Waals surface area contributed by atoms with Crippen LogP contribution in [0.4, 0.5) is 8.78 Å². The highest BCUT2D eigenvalue weighted by Crippen LogP contribution is 2.21. The van der Waals surface area contributed by atoms with E-state index in [0.29, 0.717) is 12.1 Å². The fourth-order valence-corrected chi connectivity index (χ4v) is 5.19. The summed E-state index contributed by atoms with van der Waals surface area (Å²) in [5.41, 5.74) is 8.29. The van der Waals surface area contributed by atoms with Crippen LogP contribution in [0.25, 0.3) is 0 Å². The number of nitrogens with one attached hydrogen (secondary N) is 1. The lowest BCUT2D eigenvalue weighted by Gasteiger charge is -2.37. The predicted octanol–water partition coefficient (Wildman–Crippen LogP) is 1.48. The van der Waals surface area contributed by atoms with Crippen LogP contribution in [0.2, 0.25) is 0 Å². The first-order chi connectivity index (χ1) is 14.1. The Morgan fingerprint density at radius 2 is 1.83 bits per heavy atom. The van der Waals surface area contributed by atoms with Crippen LogP contribution in [-0.4, -0.2) is 55.7 Å². The number of benzene rings is 2. The molecule has 0 aliphatic carbocycles. The molecule has 30 heavy (non-hydrogen) atoms. The third-order valence-electron chi connectivity index (χ3n) is 5.53. The highest BCUT2D eigenvalue weighted by Gasteiger charge is 2.35. The van der Waals surface area contributed by atoms with Crippen LogP contribution < -0.4 is 11.1 Å². The Hall–Kier alpha value is -1.91. The number of aliphatic hydroxyl groups is 1. The zero-order valence-electron chi connectivity index (χ0n) is 17.0. The van der Waals surface area contributed by atoms with Gasteiger partial charge >= 0.3 is 0 Å². The van der Waals surface area contributed by atoms with Crippen molar-refractivity contribution in [3.63, 3.8) is 0 Å². The zero-order valence-corrected chi connectivity index (χ0v) is 17.8. The maximum atomic E-state index is 13.4. The Morgan fingerprint density at radius 3 is 2.47 bits per heavy atom. The monoisotopic (exact) mass is 439 g/mol. The molecule has 3 rings (SSSR count). The molecule has 2 aromatic rings. The van der Waals surface area contributed by atoms with Crippen molar-refractivity contribution in [3.05, 3.63) is 64.7 Å². The van der Waals surface area contributed by atoms with E-state index in [4.69, 9.17) is 5.73 Å². The molecule has 164 valence electrons. The minimum absolute atomic E-state index is 0.0433. The van der Waals surface area contributed by atoms with Crippen molar-refractivity contribution in [1.82, 2.24) is 9.62 Å². The van der Waals surface area contributed by atoms with Crippen molar-refractivity contribution in [2.75, 3.05) is 19.6 Å². The normalized spacial score (nSPS) is 20.1. The molecule has 6 nitrogen and oxygen atoms in total. The molecule has 1 aliphatic heterocycles. The molecule has 9 heteroatoms. The standard InChI is InChI=1S/C21H27F2N3O3S/c1-13-3-4-18(7-14(13)2)30(28,29)26-6-5-25-20(12-26)21(27)19(24)10-15-8-16(22)11-17(23)9-15/h3-4,7-9,11,19-21,25,27H,5-6,10,12,24H2,1-2H3/t19?,20-,21+/m1/s1. The molecule has 1 fully saturated rings. The van der Waals surface area contributed by atoms with E-state index < -0.39 is 39.8 Å². The summed E-state index contributed by atoms with van der Waals surface area (Å²) in [6.07, 6.45) is -1.05. The maximum absolute atomic E-state index is 13.4. The molecule has 0 spiro atoms. The number of hydrogen-bond acceptors (Lipinski definition) is 5. The second-order valence-corrected chi connectivity index (χ2v) is 9.74. The Morgan fingerprint density at radius 1 is 1.17 bits per heavy atom. The van der Waals surface area contributed by atoms with E-state index in [1.54, 1.807) is 18.2 Å². The summed E-state index contributed by atoms with van der Waals surface area (Å²) in [6.45, 7) is 4.43. The van der Waals surface area contributed by atoms with Gasteiger partial charge in [-0.1, -0.05) is 6.07 Å². The number of hydrogen-bond donors (Lipinski definition) is 3. The van der Waals surface area contributed by atoms with Crippen LogP contribution in [0.5, 0.6) is 0 Å². The van der Waals surface area contributed by atoms with E-state index in [1.165, 1.54) is 16.4 Å². The van der Waals surface area contributed by atoms with Crippen LogP contribution in [-0.2, 0) is 16.4 Å². The van der Waals surface area contributed by atoms with Gasteiger partial charge in [-0.15, -0.1) is 0 Å². The number of rotatable bonds is 6. The van der Waals surface area contributed by atoms with Gasteiger partial charge in [0.15, 0.2) is 0 Å². The lowest BCUT2D eigenvalue weighted by atomic mass is 9.96. The first-order valence-electron chi connectivity index (χ1n) is 9.77. The minimum Gasteiger partial charge on any atom is -0.390 e. The van der Waals surface area contributed by atoms with Gasteiger partial charge in [-0.3, -0.25) is 0 Å². The van der Waals surface area contributed by atoms with E-state index >= 15 is 0 Å². The quantitative estimate of drug-likeness (QED) is 0.634. The van der Waals surface area contributed by atoms with Crippen molar-refractivity contribution in [1.29, 1.82) is 0 Å². The summed E-state index contributed by atoms with van der Waals surface area (Å²) >= 11 is 0. The lowest BCUT2D eigenvalue weighted by Crippen LogP contribution is -2.60. The highest BCUT2D eigenvalue weighted by molar-refractivity contribution is 7.89. The fourth-order valence-electron chi connectivity index (χ4n) is 3.64. The molecule has 4 N–H and O–H groups in total. The summed E-state index contributed by atoms with van der Waals surface area (Å²) in [7, 11) is -3.72. The molecule has 1 saturated heterocycles. The summed E-state index contributed by atoms with van der Waals surface area (Å²) in [5.74, 6) is -1.43. The predicted molar refractivity (Wildman–Crippen MR) is 111 cm³/mol. The largest absolute Gasteiger partial charge is 0.390 e. The summed E-state index contributed by atoms with van der Waals surface area (Å²) in [5, 5.41) is 13.8. The lowest BCUT2D eigenvalue weighted by molar-refractivity contribution is 0.0799. The second-order valence-electron chi connectivity index (χ2n) is 7.81. The van der Waals surface area contributed by atoms with Crippen molar-refractivity contribution < 1.29 is 22.3 Å². The molecule has 0 radical (unpaired) electrons. The van der Waals surface area contributed by atoms with E-state index in [1.807, 2.05) is 13.8 Å². The van der Waals surface area contributed by atoms with Gasteiger partial charge in [-0.2, -0.15) is 4.31 Å². The van der Waals surface area contributed by atoms with Crippen molar-refractivity contribution in [3.8, 4) is 0 Å². The Balaban J connectivity index is 1.72. The molecule has 1 unspecified atom stereocenters. The number of nitrogens with zero attached hydrogens (tertiary/aromatic N) is 1. The van der Waals surface area contributed by atoms with Gasteiger partial charge in [-0.05, 0) is 61.2 Å². The van der Waals surface area contributed by atoms with E-state index in [0.717, 1.165) is 17.2 Å². The second kappa shape index (κ2) is 9.07. The van der Waals surface area contributed by atoms with Crippen molar-refractivity contribution in [2.24, 2.45) is 5.73 Å². The molecule has 1 aliphatic rings. The van der Waals surface area contributed by atoms with Gasteiger partial charge in [0.1, 0.15) is 11.6 Å². The molecular formula is C21H27F2N3O3S. The number of aryl methyl sites for hydroxylation is 2. The van der Waals surface area contributed by atoms with E-state index in [9.17, 15) is 22.3 Å². The smallest absolute Gasteiger partial charge is 0.243 e.